The Labute approximate surface area is 252 Å². The van der Waals surface area contributed by atoms with Crippen LogP contribution in [0.1, 0.15) is 62.3 Å². The lowest BCUT2D eigenvalue weighted by atomic mass is 10.2. The Morgan fingerprint density at radius 1 is 0.581 bits per heavy atom. The molecule has 0 spiro atoms. The average Bonchev–Trinajstić information content (AvgIpc) is 2.86. The summed E-state index contributed by atoms with van der Waals surface area (Å²) < 4.78 is 16.7. The highest BCUT2D eigenvalue weighted by molar-refractivity contribution is 5.94. The first-order chi connectivity index (χ1) is 19.5. The fourth-order valence-electron chi connectivity index (χ4n) is 2.81. The molecule has 0 unspecified atom stereocenters. The molecule has 16 heteroatoms. The molecule has 0 rings (SSSR count). The molecular weight excluding hydrogens is 568 g/mol. The van der Waals surface area contributed by atoms with Gasteiger partial charge in [0.1, 0.15) is 24.7 Å². The lowest BCUT2D eigenvalue weighted by Crippen LogP contribution is -2.56. The van der Waals surface area contributed by atoms with Gasteiger partial charge in [0, 0.05) is 0 Å². The van der Waals surface area contributed by atoms with Crippen LogP contribution in [-0.4, -0.2) is 115 Å². The number of carbonyl (C=O) groups is 6. The molecule has 0 saturated carbocycles. The largest absolute Gasteiger partial charge is 0.480 e. The number of aliphatic carboxylic acids is 1. The third-order valence-corrected chi connectivity index (χ3v) is 4.96. The van der Waals surface area contributed by atoms with Crippen molar-refractivity contribution >= 4 is 35.5 Å². The Bertz CT molecular complexity index is 969. The molecular formula is C27H50N6O10. The van der Waals surface area contributed by atoms with E-state index in [1.165, 1.54) is 0 Å². The van der Waals surface area contributed by atoms with Gasteiger partial charge in [-0.3, -0.25) is 28.8 Å². The van der Waals surface area contributed by atoms with Crippen LogP contribution in [0.3, 0.4) is 0 Å². The van der Waals surface area contributed by atoms with Gasteiger partial charge in [-0.25, -0.2) is 0 Å². The smallest absolute Gasteiger partial charge is 0.322 e. The van der Waals surface area contributed by atoms with Crippen molar-refractivity contribution < 1.29 is 48.1 Å². The second-order valence-electron chi connectivity index (χ2n) is 12.7. The number of nitrogens with one attached hydrogen (secondary N) is 5. The molecule has 3 atom stereocenters. The first kappa shape index (κ1) is 39.7. The summed E-state index contributed by atoms with van der Waals surface area (Å²) in [5.41, 5.74) is 3.96. The molecule has 8 N–H and O–H groups in total. The topological polar surface area (TPSA) is 237 Å². The maximum Gasteiger partial charge on any atom is 0.322 e. The second-order valence-corrected chi connectivity index (χ2v) is 12.7. The van der Waals surface area contributed by atoms with E-state index in [0.29, 0.717) is 0 Å². The fourth-order valence-corrected chi connectivity index (χ4v) is 2.81. The van der Waals surface area contributed by atoms with Crippen LogP contribution in [0, 0.1) is 0 Å². The summed E-state index contributed by atoms with van der Waals surface area (Å²) >= 11 is 0. The lowest BCUT2D eigenvalue weighted by molar-refractivity contribution is -0.139. The van der Waals surface area contributed by atoms with Crippen LogP contribution in [0.2, 0.25) is 0 Å². The van der Waals surface area contributed by atoms with Gasteiger partial charge in [0.2, 0.25) is 29.5 Å². The molecule has 0 bridgehead atoms. The van der Waals surface area contributed by atoms with Crippen molar-refractivity contribution in [1.82, 2.24) is 26.6 Å². The van der Waals surface area contributed by atoms with E-state index in [-0.39, 0.29) is 19.8 Å². The highest BCUT2D eigenvalue weighted by Crippen LogP contribution is 2.09. The number of hydrogen-bond acceptors (Lipinski definition) is 10. The molecule has 0 aromatic heterocycles. The van der Waals surface area contributed by atoms with Gasteiger partial charge in [-0.15, -0.1) is 0 Å². The number of carboxylic acids is 1. The molecule has 5 amide bonds. The highest BCUT2D eigenvalue weighted by Gasteiger charge is 2.27. The third kappa shape index (κ3) is 21.1. The van der Waals surface area contributed by atoms with Crippen molar-refractivity contribution in [2.75, 3.05) is 39.5 Å². The van der Waals surface area contributed by atoms with Gasteiger partial charge >= 0.3 is 5.97 Å². The lowest BCUT2D eigenvalue weighted by Gasteiger charge is -2.26. The van der Waals surface area contributed by atoms with Crippen LogP contribution in [-0.2, 0) is 43.0 Å². The van der Waals surface area contributed by atoms with Crippen LogP contribution in [0.25, 0.3) is 0 Å². The van der Waals surface area contributed by atoms with Gasteiger partial charge in [-0.05, 0) is 62.3 Å². The van der Waals surface area contributed by atoms with Crippen LogP contribution in [0.5, 0.6) is 0 Å². The van der Waals surface area contributed by atoms with E-state index >= 15 is 0 Å². The van der Waals surface area contributed by atoms with Crippen LogP contribution >= 0.6 is 0 Å². The van der Waals surface area contributed by atoms with Crippen molar-refractivity contribution in [3.8, 4) is 0 Å². The van der Waals surface area contributed by atoms with Crippen molar-refractivity contribution in [3.05, 3.63) is 0 Å². The molecule has 0 aliphatic heterocycles. The summed E-state index contributed by atoms with van der Waals surface area (Å²) in [5, 5.41) is 20.6. The van der Waals surface area contributed by atoms with Crippen molar-refractivity contribution in [2.45, 2.75) is 97.2 Å². The molecule has 0 radical (unpaired) electrons. The fraction of sp³-hybridized carbons (Fsp3) is 0.778. The predicted molar refractivity (Wildman–Crippen MR) is 156 cm³/mol. The van der Waals surface area contributed by atoms with Gasteiger partial charge in [-0.2, -0.15) is 0 Å². The van der Waals surface area contributed by atoms with E-state index in [1.54, 1.807) is 62.3 Å². The van der Waals surface area contributed by atoms with E-state index in [1.807, 2.05) is 0 Å². The number of nitrogens with two attached hydrogens (primary N) is 1. The van der Waals surface area contributed by atoms with Crippen molar-refractivity contribution in [3.63, 3.8) is 0 Å². The van der Waals surface area contributed by atoms with Crippen LogP contribution in [0.4, 0.5) is 0 Å². The third-order valence-electron chi connectivity index (χ3n) is 4.96. The van der Waals surface area contributed by atoms with Gasteiger partial charge < -0.3 is 51.6 Å². The van der Waals surface area contributed by atoms with Crippen molar-refractivity contribution in [2.24, 2.45) is 5.73 Å². The molecule has 0 fully saturated rings. The van der Waals surface area contributed by atoms with E-state index < -0.39 is 90.1 Å². The van der Waals surface area contributed by atoms with E-state index in [0.717, 1.165) is 0 Å². The standard InChI is InChI=1S/C27H50N6O10/c1-25(2,3)41-13-16(28)22(38)29-10-19(34)32-17(14-42-26(4,5)6)23(39)30-11-20(35)33-18(15-43-27(7,8)9)24(40)31-12-21(36)37/h16-18H,10-15,28H2,1-9H3,(H,29,38)(H,30,39)(H,31,40)(H,32,34)(H,33,35)(H,36,37)/t16-,17-,18-/m0/s1. The first-order valence-electron chi connectivity index (χ1n) is 13.8. The Balaban J connectivity index is 5.22. The predicted octanol–water partition coefficient (Wildman–Crippen LogP) is -1.84. The molecule has 0 heterocycles. The first-order valence-corrected chi connectivity index (χ1v) is 13.8. The number of ether oxygens (including phenoxy) is 3. The second kappa shape index (κ2) is 17.7. The van der Waals surface area contributed by atoms with Crippen LogP contribution in [0.15, 0.2) is 0 Å². The Morgan fingerprint density at radius 3 is 1.26 bits per heavy atom. The normalized spacial score (nSPS) is 14.1. The SMILES string of the molecule is CC(C)(C)OC[C@H](NC(=O)CNC(=O)[C@H](COC(C)(C)C)NC(=O)CNC(=O)[C@@H](N)COC(C)(C)C)C(=O)NCC(=O)O. The Kier molecular flexibility index (Phi) is 16.3. The maximum absolute atomic E-state index is 12.9. The number of carbonyl (C=O) groups excluding carboxylic acids is 5. The molecule has 43 heavy (non-hydrogen) atoms. The van der Waals surface area contributed by atoms with E-state index in [2.05, 4.69) is 26.6 Å². The van der Waals surface area contributed by atoms with Gasteiger partial charge in [0.15, 0.2) is 0 Å². The molecule has 0 aliphatic carbocycles. The number of carboxylic acid groups (broad SMARTS) is 1. The molecule has 0 aliphatic rings. The van der Waals surface area contributed by atoms with Gasteiger partial charge in [0.05, 0.1) is 49.7 Å². The minimum absolute atomic E-state index is 0.0616. The average molecular weight is 619 g/mol. The molecule has 0 saturated heterocycles. The minimum Gasteiger partial charge on any atom is -0.480 e. The summed E-state index contributed by atoms with van der Waals surface area (Å²) in [6.07, 6.45) is 0. The molecule has 0 aromatic carbocycles. The van der Waals surface area contributed by atoms with Crippen molar-refractivity contribution in [1.29, 1.82) is 0 Å². The quantitative estimate of drug-likeness (QED) is 0.0956. The van der Waals surface area contributed by atoms with Gasteiger partial charge in [-0.1, -0.05) is 0 Å². The van der Waals surface area contributed by atoms with Gasteiger partial charge in [0.25, 0.3) is 0 Å². The maximum atomic E-state index is 12.9. The molecule has 16 nitrogen and oxygen atoms in total. The zero-order valence-electron chi connectivity index (χ0n) is 26.7. The summed E-state index contributed by atoms with van der Waals surface area (Å²) in [4.78, 5) is 73.5. The minimum atomic E-state index is -1.27. The summed E-state index contributed by atoms with van der Waals surface area (Å²) in [6.45, 7) is 13.5. The molecule has 0 aromatic rings. The number of rotatable bonds is 17. The highest BCUT2D eigenvalue weighted by atomic mass is 16.5. The van der Waals surface area contributed by atoms with Crippen LogP contribution < -0.4 is 32.3 Å². The summed E-state index contributed by atoms with van der Waals surface area (Å²) in [6, 6.07) is -3.50. The molecule has 248 valence electrons. The number of hydrogen-bond donors (Lipinski definition) is 7. The summed E-state index contributed by atoms with van der Waals surface area (Å²) in [5.74, 6) is -4.95. The number of amides is 5. The zero-order chi connectivity index (χ0) is 33.6. The van der Waals surface area contributed by atoms with E-state index in [4.69, 9.17) is 25.1 Å². The summed E-state index contributed by atoms with van der Waals surface area (Å²) in [7, 11) is 0. The van der Waals surface area contributed by atoms with E-state index in [9.17, 15) is 28.8 Å². The zero-order valence-corrected chi connectivity index (χ0v) is 26.7. The monoisotopic (exact) mass is 618 g/mol. The Hall–Kier alpha value is -3.34. The Morgan fingerprint density at radius 2 is 0.907 bits per heavy atom.